The van der Waals surface area contributed by atoms with Crippen LogP contribution in [0.15, 0.2) is 12.5 Å². The Morgan fingerprint density at radius 2 is 2.27 bits per heavy atom. The van der Waals surface area contributed by atoms with Gasteiger partial charge in [-0.1, -0.05) is 6.92 Å². The lowest BCUT2D eigenvalue weighted by atomic mass is 9.93. The highest BCUT2D eigenvalue weighted by Gasteiger charge is 2.28. The molecule has 0 bridgehead atoms. The third-order valence-electron chi connectivity index (χ3n) is 4.55. The SMILES string of the molecule is CCC1CC(C(=O)Nc2cncnc2N2CCCC2)CCO1. The first-order chi connectivity index (χ1) is 10.8. The van der Waals surface area contributed by atoms with Crippen LogP contribution in [0.3, 0.4) is 0 Å². The first kappa shape index (κ1) is 15.2. The van der Waals surface area contributed by atoms with Crippen molar-refractivity contribution in [1.29, 1.82) is 0 Å². The monoisotopic (exact) mass is 304 g/mol. The van der Waals surface area contributed by atoms with E-state index in [2.05, 4.69) is 27.1 Å². The van der Waals surface area contributed by atoms with Crippen LogP contribution in [0.4, 0.5) is 11.5 Å². The first-order valence-electron chi connectivity index (χ1n) is 8.25. The van der Waals surface area contributed by atoms with Gasteiger partial charge >= 0.3 is 0 Å². The van der Waals surface area contributed by atoms with E-state index in [-0.39, 0.29) is 17.9 Å². The van der Waals surface area contributed by atoms with E-state index in [1.165, 1.54) is 12.8 Å². The summed E-state index contributed by atoms with van der Waals surface area (Å²) in [5, 5.41) is 3.04. The Morgan fingerprint density at radius 1 is 1.45 bits per heavy atom. The summed E-state index contributed by atoms with van der Waals surface area (Å²) in [6.45, 7) is 4.76. The average molecular weight is 304 g/mol. The fraction of sp³-hybridized carbons (Fsp3) is 0.688. The first-order valence-corrected chi connectivity index (χ1v) is 8.25. The summed E-state index contributed by atoms with van der Waals surface area (Å²) in [5.41, 5.74) is 0.731. The Hall–Kier alpha value is -1.69. The molecule has 2 unspecified atom stereocenters. The quantitative estimate of drug-likeness (QED) is 0.924. The van der Waals surface area contributed by atoms with Crippen molar-refractivity contribution in [3.63, 3.8) is 0 Å². The number of nitrogens with zero attached hydrogens (tertiary/aromatic N) is 3. The molecule has 2 saturated heterocycles. The van der Waals surface area contributed by atoms with E-state index in [1.54, 1.807) is 12.5 Å². The van der Waals surface area contributed by atoms with E-state index in [0.717, 1.165) is 43.9 Å². The van der Waals surface area contributed by atoms with Gasteiger partial charge in [0.25, 0.3) is 0 Å². The highest BCUT2D eigenvalue weighted by molar-refractivity contribution is 5.95. The zero-order chi connectivity index (χ0) is 15.4. The number of anilines is 2. The van der Waals surface area contributed by atoms with Gasteiger partial charge in [0.2, 0.25) is 5.91 Å². The Morgan fingerprint density at radius 3 is 3.05 bits per heavy atom. The molecule has 1 aromatic rings. The summed E-state index contributed by atoms with van der Waals surface area (Å²) in [4.78, 5) is 23.2. The second-order valence-electron chi connectivity index (χ2n) is 6.07. The molecule has 0 saturated carbocycles. The van der Waals surface area contributed by atoms with Gasteiger partial charge in [0.05, 0.1) is 12.3 Å². The van der Waals surface area contributed by atoms with Gasteiger partial charge in [-0.15, -0.1) is 0 Å². The standard InChI is InChI=1S/C16H24N4O2/c1-2-13-9-12(5-8-22-13)16(21)19-14-10-17-11-18-15(14)20-6-3-4-7-20/h10-13H,2-9H2,1H3,(H,19,21). The third kappa shape index (κ3) is 3.38. The number of carbonyl (C=O) groups excluding carboxylic acids is 1. The number of carbonyl (C=O) groups is 1. The summed E-state index contributed by atoms with van der Waals surface area (Å²) in [6.07, 6.45) is 8.35. The molecule has 2 aliphatic rings. The van der Waals surface area contributed by atoms with Gasteiger partial charge in [0.1, 0.15) is 12.0 Å². The lowest BCUT2D eigenvalue weighted by Crippen LogP contribution is -2.33. The van der Waals surface area contributed by atoms with E-state index in [0.29, 0.717) is 6.61 Å². The van der Waals surface area contributed by atoms with E-state index in [4.69, 9.17) is 4.74 Å². The fourth-order valence-electron chi connectivity index (χ4n) is 3.23. The molecule has 0 aromatic carbocycles. The number of hydrogen-bond acceptors (Lipinski definition) is 5. The second-order valence-corrected chi connectivity index (χ2v) is 6.07. The summed E-state index contributed by atoms with van der Waals surface area (Å²) < 4.78 is 5.65. The van der Waals surface area contributed by atoms with Crippen molar-refractivity contribution < 1.29 is 9.53 Å². The zero-order valence-electron chi connectivity index (χ0n) is 13.1. The van der Waals surface area contributed by atoms with E-state index < -0.39 is 0 Å². The van der Waals surface area contributed by atoms with Crippen LogP contribution in [-0.2, 0) is 9.53 Å². The number of ether oxygens (including phenoxy) is 1. The summed E-state index contributed by atoms with van der Waals surface area (Å²) in [6, 6.07) is 0. The molecule has 6 heteroatoms. The highest BCUT2D eigenvalue weighted by atomic mass is 16.5. The van der Waals surface area contributed by atoms with Gasteiger partial charge in [-0.3, -0.25) is 4.79 Å². The van der Waals surface area contributed by atoms with E-state index >= 15 is 0 Å². The molecule has 3 rings (SSSR count). The summed E-state index contributed by atoms with van der Waals surface area (Å²) in [5.74, 6) is 0.933. The van der Waals surface area contributed by atoms with Crippen molar-refractivity contribution in [2.45, 2.75) is 45.1 Å². The molecule has 6 nitrogen and oxygen atoms in total. The lowest BCUT2D eigenvalue weighted by Gasteiger charge is -2.28. The molecule has 2 fully saturated rings. The van der Waals surface area contributed by atoms with Gasteiger partial charge in [-0.25, -0.2) is 9.97 Å². The normalized spacial score (nSPS) is 25.2. The smallest absolute Gasteiger partial charge is 0.227 e. The van der Waals surface area contributed by atoms with Crippen LogP contribution in [0, 0.1) is 5.92 Å². The summed E-state index contributed by atoms with van der Waals surface area (Å²) in [7, 11) is 0. The van der Waals surface area contributed by atoms with Gasteiger partial charge < -0.3 is 15.0 Å². The number of rotatable bonds is 4. The predicted octanol–water partition coefficient (Wildman–Crippen LogP) is 2.22. The highest BCUT2D eigenvalue weighted by Crippen LogP contribution is 2.28. The van der Waals surface area contributed by atoms with Crippen molar-refractivity contribution in [2.24, 2.45) is 5.92 Å². The van der Waals surface area contributed by atoms with E-state index in [1.807, 2.05) is 0 Å². The van der Waals surface area contributed by atoms with Gasteiger partial charge in [-0.05, 0) is 32.1 Å². The molecule has 1 N–H and O–H groups in total. The van der Waals surface area contributed by atoms with Crippen LogP contribution >= 0.6 is 0 Å². The largest absolute Gasteiger partial charge is 0.378 e. The minimum atomic E-state index is 0.0188. The second kappa shape index (κ2) is 7.05. The predicted molar refractivity (Wildman–Crippen MR) is 84.9 cm³/mol. The Bertz CT molecular complexity index is 517. The minimum Gasteiger partial charge on any atom is -0.378 e. The average Bonchev–Trinajstić information content (AvgIpc) is 3.09. The van der Waals surface area contributed by atoms with Crippen molar-refractivity contribution in [3.8, 4) is 0 Å². The van der Waals surface area contributed by atoms with Crippen LogP contribution in [0.5, 0.6) is 0 Å². The number of aromatic nitrogens is 2. The minimum absolute atomic E-state index is 0.0188. The zero-order valence-corrected chi connectivity index (χ0v) is 13.1. The van der Waals surface area contributed by atoms with Crippen LogP contribution in [0.25, 0.3) is 0 Å². The lowest BCUT2D eigenvalue weighted by molar-refractivity contribution is -0.124. The molecule has 120 valence electrons. The third-order valence-corrected chi connectivity index (χ3v) is 4.55. The molecule has 0 spiro atoms. The van der Waals surface area contributed by atoms with Crippen molar-refractivity contribution in [1.82, 2.24) is 9.97 Å². The molecule has 1 amide bonds. The van der Waals surface area contributed by atoms with Crippen LogP contribution in [-0.4, -0.2) is 41.7 Å². The molecule has 22 heavy (non-hydrogen) atoms. The maximum Gasteiger partial charge on any atom is 0.227 e. The number of amides is 1. The maximum atomic E-state index is 12.6. The van der Waals surface area contributed by atoms with Gasteiger partial charge in [0.15, 0.2) is 5.82 Å². The molecule has 2 atom stereocenters. The Labute approximate surface area is 131 Å². The summed E-state index contributed by atoms with van der Waals surface area (Å²) >= 11 is 0. The molecule has 3 heterocycles. The molecular formula is C16H24N4O2. The molecule has 0 aliphatic carbocycles. The van der Waals surface area contributed by atoms with E-state index in [9.17, 15) is 4.79 Å². The number of hydrogen-bond donors (Lipinski definition) is 1. The molecular weight excluding hydrogens is 280 g/mol. The molecule has 1 aromatic heterocycles. The van der Waals surface area contributed by atoms with Gasteiger partial charge in [-0.2, -0.15) is 0 Å². The maximum absolute atomic E-state index is 12.6. The topological polar surface area (TPSA) is 67.4 Å². The Kier molecular flexibility index (Phi) is 4.87. The van der Waals surface area contributed by atoms with Crippen LogP contribution < -0.4 is 10.2 Å². The van der Waals surface area contributed by atoms with Gasteiger partial charge in [0, 0.05) is 25.6 Å². The molecule has 0 radical (unpaired) electrons. The molecule has 2 aliphatic heterocycles. The van der Waals surface area contributed by atoms with Crippen molar-refractivity contribution in [2.75, 3.05) is 29.9 Å². The van der Waals surface area contributed by atoms with Crippen LogP contribution in [0.2, 0.25) is 0 Å². The Balaban J connectivity index is 1.68. The van der Waals surface area contributed by atoms with Crippen molar-refractivity contribution >= 4 is 17.4 Å². The fourth-order valence-corrected chi connectivity index (χ4v) is 3.23. The van der Waals surface area contributed by atoms with Crippen LogP contribution in [0.1, 0.15) is 39.0 Å². The van der Waals surface area contributed by atoms with Crippen molar-refractivity contribution in [3.05, 3.63) is 12.5 Å². The number of nitrogens with one attached hydrogen (secondary N) is 1.